The molecule has 2 heterocycles. The molecule has 1 aromatic rings. The zero-order valence-corrected chi connectivity index (χ0v) is 10.6. The predicted octanol–water partition coefficient (Wildman–Crippen LogP) is -0.726. The van der Waals surface area contributed by atoms with Crippen LogP contribution in [0.1, 0.15) is 13.3 Å². The second-order valence-corrected chi connectivity index (χ2v) is 4.77. The highest BCUT2D eigenvalue weighted by atomic mass is 16.5. The first-order chi connectivity index (χ1) is 9.02. The third-order valence-corrected chi connectivity index (χ3v) is 3.31. The van der Waals surface area contributed by atoms with Crippen LogP contribution in [0.5, 0.6) is 0 Å². The average Bonchev–Trinajstić information content (AvgIpc) is 2.98. The SMILES string of the molecule is CC1(C(=O)O)COCC1NC(=O)CCn1cncn1. The number of aliphatic carboxylic acids is 1. The first-order valence-corrected chi connectivity index (χ1v) is 5.95. The molecular weight excluding hydrogens is 252 g/mol. The molecule has 8 nitrogen and oxygen atoms in total. The van der Waals surface area contributed by atoms with Gasteiger partial charge in [-0.15, -0.1) is 0 Å². The highest BCUT2D eigenvalue weighted by molar-refractivity contribution is 5.80. The van der Waals surface area contributed by atoms with Crippen molar-refractivity contribution >= 4 is 11.9 Å². The molecule has 0 spiro atoms. The minimum Gasteiger partial charge on any atom is -0.481 e. The van der Waals surface area contributed by atoms with E-state index in [1.165, 1.54) is 12.7 Å². The molecule has 1 fully saturated rings. The molecule has 2 atom stereocenters. The molecule has 0 aliphatic carbocycles. The topological polar surface area (TPSA) is 106 Å². The molecule has 19 heavy (non-hydrogen) atoms. The number of nitrogens with one attached hydrogen (secondary N) is 1. The molecule has 2 N–H and O–H groups in total. The maximum absolute atomic E-state index is 11.8. The fraction of sp³-hybridized carbons (Fsp3) is 0.636. The van der Waals surface area contributed by atoms with Gasteiger partial charge in [-0.1, -0.05) is 0 Å². The van der Waals surface area contributed by atoms with Gasteiger partial charge >= 0.3 is 5.97 Å². The Morgan fingerprint density at radius 2 is 2.42 bits per heavy atom. The van der Waals surface area contributed by atoms with E-state index in [4.69, 9.17) is 4.74 Å². The summed E-state index contributed by atoms with van der Waals surface area (Å²) in [5.41, 5.74) is -1.07. The Balaban J connectivity index is 1.86. The van der Waals surface area contributed by atoms with Gasteiger partial charge in [0.2, 0.25) is 5.91 Å². The highest BCUT2D eigenvalue weighted by Gasteiger charge is 2.47. The molecule has 1 aromatic heterocycles. The monoisotopic (exact) mass is 268 g/mol. The number of carboxylic acids is 1. The summed E-state index contributed by atoms with van der Waals surface area (Å²) in [7, 11) is 0. The summed E-state index contributed by atoms with van der Waals surface area (Å²) in [5, 5.41) is 15.8. The van der Waals surface area contributed by atoms with Crippen LogP contribution in [0.25, 0.3) is 0 Å². The Labute approximate surface area is 109 Å². The van der Waals surface area contributed by atoms with Gasteiger partial charge < -0.3 is 15.2 Å². The van der Waals surface area contributed by atoms with E-state index < -0.39 is 17.4 Å². The zero-order chi connectivity index (χ0) is 13.9. The number of ether oxygens (including phenoxy) is 1. The molecule has 1 aliphatic heterocycles. The molecule has 1 saturated heterocycles. The lowest BCUT2D eigenvalue weighted by Gasteiger charge is -2.25. The van der Waals surface area contributed by atoms with Gasteiger partial charge in [0.1, 0.15) is 18.1 Å². The number of aryl methyl sites for hydroxylation is 1. The van der Waals surface area contributed by atoms with Crippen LogP contribution in [0.4, 0.5) is 0 Å². The van der Waals surface area contributed by atoms with Crippen molar-refractivity contribution in [3.05, 3.63) is 12.7 Å². The summed E-state index contributed by atoms with van der Waals surface area (Å²) in [6.45, 7) is 2.31. The van der Waals surface area contributed by atoms with Crippen LogP contribution in [-0.2, 0) is 20.9 Å². The number of carbonyl (C=O) groups is 2. The van der Waals surface area contributed by atoms with Gasteiger partial charge in [0.25, 0.3) is 0 Å². The van der Waals surface area contributed by atoms with E-state index in [2.05, 4.69) is 15.4 Å². The Kier molecular flexibility index (Phi) is 3.79. The number of amides is 1. The second-order valence-electron chi connectivity index (χ2n) is 4.77. The summed E-state index contributed by atoms with van der Waals surface area (Å²) in [5.74, 6) is -1.19. The Morgan fingerprint density at radius 1 is 1.63 bits per heavy atom. The van der Waals surface area contributed by atoms with E-state index in [1.807, 2.05) is 0 Å². The minimum absolute atomic E-state index is 0.107. The van der Waals surface area contributed by atoms with Crippen molar-refractivity contribution in [3.63, 3.8) is 0 Å². The number of nitrogens with zero attached hydrogens (tertiary/aromatic N) is 3. The van der Waals surface area contributed by atoms with Gasteiger partial charge in [-0.3, -0.25) is 14.3 Å². The van der Waals surface area contributed by atoms with Gasteiger partial charge in [0, 0.05) is 6.42 Å². The molecular formula is C11H16N4O4. The molecule has 0 bridgehead atoms. The molecule has 8 heteroatoms. The molecule has 2 unspecified atom stereocenters. The van der Waals surface area contributed by atoms with Crippen molar-refractivity contribution in [2.75, 3.05) is 13.2 Å². The fourth-order valence-corrected chi connectivity index (χ4v) is 1.92. The maximum Gasteiger partial charge on any atom is 0.313 e. The van der Waals surface area contributed by atoms with Gasteiger partial charge in [-0.25, -0.2) is 4.98 Å². The maximum atomic E-state index is 11.8. The number of aromatic nitrogens is 3. The van der Waals surface area contributed by atoms with Gasteiger partial charge in [0.05, 0.1) is 25.8 Å². The van der Waals surface area contributed by atoms with Crippen molar-refractivity contribution in [1.82, 2.24) is 20.1 Å². The minimum atomic E-state index is -1.07. The largest absolute Gasteiger partial charge is 0.481 e. The molecule has 1 aliphatic rings. The standard InChI is InChI=1S/C11H16N4O4/c1-11(10(17)18)5-19-4-8(11)14-9(16)2-3-15-7-12-6-13-15/h6-8H,2-5H2,1H3,(H,14,16)(H,17,18). The van der Waals surface area contributed by atoms with E-state index in [1.54, 1.807) is 11.6 Å². The predicted molar refractivity (Wildman–Crippen MR) is 63.1 cm³/mol. The Bertz CT molecular complexity index is 461. The molecule has 0 radical (unpaired) electrons. The van der Waals surface area contributed by atoms with E-state index in [0.717, 1.165) is 0 Å². The van der Waals surface area contributed by atoms with Crippen molar-refractivity contribution in [2.45, 2.75) is 25.9 Å². The Morgan fingerprint density at radius 3 is 3.05 bits per heavy atom. The molecule has 2 rings (SSSR count). The van der Waals surface area contributed by atoms with E-state index in [-0.39, 0.29) is 25.5 Å². The van der Waals surface area contributed by atoms with Crippen molar-refractivity contribution < 1.29 is 19.4 Å². The van der Waals surface area contributed by atoms with E-state index >= 15 is 0 Å². The van der Waals surface area contributed by atoms with Gasteiger partial charge in [-0.05, 0) is 6.92 Å². The third kappa shape index (κ3) is 2.90. The summed E-state index contributed by atoms with van der Waals surface area (Å²) >= 11 is 0. The number of hydrogen-bond donors (Lipinski definition) is 2. The molecule has 104 valence electrons. The number of rotatable bonds is 5. The lowest BCUT2D eigenvalue weighted by Crippen LogP contribution is -2.49. The van der Waals surface area contributed by atoms with Crippen LogP contribution in [-0.4, -0.2) is 51.0 Å². The van der Waals surface area contributed by atoms with Crippen LogP contribution in [0, 0.1) is 5.41 Å². The number of carbonyl (C=O) groups excluding carboxylic acids is 1. The summed E-state index contributed by atoms with van der Waals surface area (Å²) in [6.07, 6.45) is 3.13. The summed E-state index contributed by atoms with van der Waals surface area (Å²) in [6, 6.07) is -0.506. The molecule has 0 aromatic carbocycles. The smallest absolute Gasteiger partial charge is 0.313 e. The van der Waals surface area contributed by atoms with Crippen LogP contribution in [0.15, 0.2) is 12.7 Å². The highest BCUT2D eigenvalue weighted by Crippen LogP contribution is 2.28. The van der Waals surface area contributed by atoms with Crippen LogP contribution in [0.3, 0.4) is 0 Å². The van der Waals surface area contributed by atoms with Crippen molar-refractivity contribution in [3.8, 4) is 0 Å². The van der Waals surface area contributed by atoms with Crippen molar-refractivity contribution in [1.29, 1.82) is 0 Å². The first kappa shape index (κ1) is 13.5. The normalized spacial score (nSPS) is 26.3. The molecule has 1 amide bonds. The van der Waals surface area contributed by atoms with E-state index in [9.17, 15) is 14.7 Å². The first-order valence-electron chi connectivity index (χ1n) is 5.95. The zero-order valence-electron chi connectivity index (χ0n) is 10.6. The second kappa shape index (κ2) is 5.35. The van der Waals surface area contributed by atoms with Crippen molar-refractivity contribution in [2.24, 2.45) is 5.41 Å². The lowest BCUT2D eigenvalue weighted by atomic mass is 9.85. The van der Waals surface area contributed by atoms with Crippen LogP contribution < -0.4 is 5.32 Å². The quantitative estimate of drug-likeness (QED) is 0.729. The van der Waals surface area contributed by atoms with Gasteiger partial charge in [0.15, 0.2) is 0 Å². The fourth-order valence-electron chi connectivity index (χ4n) is 1.92. The summed E-state index contributed by atoms with van der Waals surface area (Å²) < 4.78 is 6.70. The Hall–Kier alpha value is -1.96. The summed E-state index contributed by atoms with van der Waals surface area (Å²) in [4.78, 5) is 26.8. The van der Waals surface area contributed by atoms with E-state index in [0.29, 0.717) is 6.54 Å². The lowest BCUT2D eigenvalue weighted by molar-refractivity contribution is -0.149. The third-order valence-electron chi connectivity index (χ3n) is 3.31. The van der Waals surface area contributed by atoms with Gasteiger partial charge in [-0.2, -0.15) is 5.10 Å². The number of carboxylic acid groups (broad SMARTS) is 1. The average molecular weight is 268 g/mol. The molecule has 0 saturated carbocycles. The van der Waals surface area contributed by atoms with Crippen LogP contribution >= 0.6 is 0 Å². The van der Waals surface area contributed by atoms with Crippen LogP contribution in [0.2, 0.25) is 0 Å². The number of hydrogen-bond acceptors (Lipinski definition) is 5.